The molecule has 0 radical (unpaired) electrons. The molecule has 2 atom stereocenters. The first-order valence-corrected chi connectivity index (χ1v) is 12.4. The van der Waals surface area contributed by atoms with E-state index in [0.717, 1.165) is 19.5 Å². The number of carbonyl (C=O) groups excluding carboxylic acids is 2. The summed E-state index contributed by atoms with van der Waals surface area (Å²) in [5.41, 5.74) is 0.0175. The largest absolute Gasteiger partial charge is 0.488 e. The van der Waals surface area contributed by atoms with E-state index in [4.69, 9.17) is 9.47 Å². The van der Waals surface area contributed by atoms with Crippen molar-refractivity contribution in [3.05, 3.63) is 23.8 Å². The Bertz CT molecular complexity index is 901. The molecule has 0 spiro atoms. The standard InChI is InChI=1S/C25H37FN4O4/c1-17-15-27-22(26)14-21(17)33-19-13-20(30(16-19)24(32)34-25(2,3)4)23(31)29-10-6-9-28(11-12-29)18-7-5-8-18/h14-15,18-20H,5-13,16H2,1-4H3/t19-,20+/m1/s1. The number of carbonyl (C=O) groups is 2. The van der Waals surface area contributed by atoms with E-state index < -0.39 is 29.8 Å². The van der Waals surface area contributed by atoms with Gasteiger partial charge in [-0.05, 0) is 47.0 Å². The lowest BCUT2D eigenvalue weighted by atomic mass is 9.91. The van der Waals surface area contributed by atoms with Gasteiger partial charge in [-0.2, -0.15) is 4.39 Å². The van der Waals surface area contributed by atoms with Crippen LogP contribution in [0.4, 0.5) is 9.18 Å². The topological polar surface area (TPSA) is 75.2 Å². The van der Waals surface area contributed by atoms with E-state index in [1.807, 2.05) is 4.90 Å². The van der Waals surface area contributed by atoms with Gasteiger partial charge >= 0.3 is 6.09 Å². The van der Waals surface area contributed by atoms with Crippen LogP contribution in [0, 0.1) is 12.9 Å². The summed E-state index contributed by atoms with van der Waals surface area (Å²) in [7, 11) is 0. The molecule has 0 unspecified atom stereocenters. The van der Waals surface area contributed by atoms with E-state index in [2.05, 4.69) is 9.88 Å². The van der Waals surface area contributed by atoms with Crippen molar-refractivity contribution in [3.63, 3.8) is 0 Å². The number of hydrogen-bond acceptors (Lipinski definition) is 6. The highest BCUT2D eigenvalue weighted by atomic mass is 19.1. The van der Waals surface area contributed by atoms with E-state index in [1.54, 1.807) is 27.7 Å². The van der Waals surface area contributed by atoms with E-state index in [1.165, 1.54) is 36.4 Å². The maximum Gasteiger partial charge on any atom is 0.411 e. The molecule has 1 aliphatic carbocycles. The number of halogens is 1. The van der Waals surface area contributed by atoms with Crippen LogP contribution in [-0.2, 0) is 9.53 Å². The molecule has 1 saturated carbocycles. The van der Waals surface area contributed by atoms with Gasteiger partial charge in [0.25, 0.3) is 0 Å². The van der Waals surface area contributed by atoms with Crippen LogP contribution in [0.3, 0.4) is 0 Å². The number of aryl methyl sites for hydroxylation is 1. The first-order chi connectivity index (χ1) is 16.1. The summed E-state index contributed by atoms with van der Waals surface area (Å²) >= 11 is 0. The van der Waals surface area contributed by atoms with Gasteiger partial charge in [0.1, 0.15) is 23.5 Å². The summed E-state index contributed by atoms with van der Waals surface area (Å²) in [6.45, 7) is 10.6. The second kappa shape index (κ2) is 10.1. The van der Waals surface area contributed by atoms with Crippen molar-refractivity contribution in [3.8, 4) is 5.75 Å². The number of rotatable bonds is 4. The highest BCUT2D eigenvalue weighted by Gasteiger charge is 2.44. The molecule has 4 rings (SSSR count). The first kappa shape index (κ1) is 24.7. The van der Waals surface area contributed by atoms with Gasteiger partial charge in [-0.3, -0.25) is 14.6 Å². The first-order valence-electron chi connectivity index (χ1n) is 12.4. The normalized spacial score (nSPS) is 24.5. The van der Waals surface area contributed by atoms with Crippen LogP contribution in [0.2, 0.25) is 0 Å². The van der Waals surface area contributed by atoms with Crippen LogP contribution in [0.1, 0.15) is 58.4 Å². The number of amides is 2. The van der Waals surface area contributed by atoms with Crippen molar-refractivity contribution < 1.29 is 23.5 Å². The molecule has 3 aliphatic rings. The Morgan fingerprint density at radius 1 is 1.12 bits per heavy atom. The monoisotopic (exact) mass is 476 g/mol. The second-order valence-electron chi connectivity index (χ2n) is 10.7. The van der Waals surface area contributed by atoms with E-state index in [0.29, 0.717) is 36.9 Å². The van der Waals surface area contributed by atoms with Gasteiger partial charge in [0, 0.05) is 56.5 Å². The van der Waals surface area contributed by atoms with Crippen LogP contribution in [-0.4, -0.2) is 88.2 Å². The number of pyridine rings is 1. The zero-order chi connectivity index (χ0) is 24.5. The molecule has 3 heterocycles. The third kappa shape index (κ3) is 5.79. The number of hydrogen-bond donors (Lipinski definition) is 0. The quantitative estimate of drug-likeness (QED) is 0.621. The highest BCUT2D eigenvalue weighted by molar-refractivity contribution is 5.86. The number of ether oxygens (including phenoxy) is 2. The minimum atomic E-state index is -0.680. The predicted molar refractivity (Wildman–Crippen MR) is 125 cm³/mol. The Morgan fingerprint density at radius 3 is 2.56 bits per heavy atom. The summed E-state index contributed by atoms with van der Waals surface area (Å²) < 4.78 is 25.3. The summed E-state index contributed by atoms with van der Waals surface area (Å²) in [6.07, 6.45) is 5.49. The van der Waals surface area contributed by atoms with Gasteiger partial charge in [0.15, 0.2) is 0 Å². The molecule has 1 aromatic rings. The number of nitrogens with zero attached hydrogens (tertiary/aromatic N) is 4. The Balaban J connectivity index is 1.48. The van der Waals surface area contributed by atoms with Gasteiger partial charge in [0.2, 0.25) is 11.9 Å². The van der Waals surface area contributed by atoms with E-state index in [-0.39, 0.29) is 12.5 Å². The average molecular weight is 477 g/mol. The minimum Gasteiger partial charge on any atom is -0.488 e. The van der Waals surface area contributed by atoms with Gasteiger partial charge in [-0.15, -0.1) is 0 Å². The fraction of sp³-hybridized carbons (Fsp3) is 0.720. The third-order valence-corrected chi connectivity index (χ3v) is 6.92. The fourth-order valence-corrected chi connectivity index (χ4v) is 4.91. The molecule has 9 heteroatoms. The molecule has 3 fully saturated rings. The van der Waals surface area contributed by atoms with Crippen LogP contribution in [0.15, 0.2) is 12.3 Å². The van der Waals surface area contributed by atoms with Crippen LogP contribution < -0.4 is 4.74 Å². The minimum absolute atomic E-state index is 0.0648. The lowest BCUT2D eigenvalue weighted by Gasteiger charge is -2.37. The lowest BCUT2D eigenvalue weighted by Crippen LogP contribution is -2.50. The maximum atomic E-state index is 13.7. The van der Waals surface area contributed by atoms with Crippen molar-refractivity contribution in [2.24, 2.45) is 0 Å². The molecule has 0 aromatic carbocycles. The van der Waals surface area contributed by atoms with Crippen molar-refractivity contribution in [1.29, 1.82) is 0 Å². The molecule has 34 heavy (non-hydrogen) atoms. The smallest absolute Gasteiger partial charge is 0.411 e. The zero-order valence-electron chi connectivity index (χ0n) is 20.8. The summed E-state index contributed by atoms with van der Waals surface area (Å²) in [5.74, 6) is -0.318. The highest BCUT2D eigenvalue weighted by Crippen LogP contribution is 2.29. The molecule has 188 valence electrons. The summed E-state index contributed by atoms with van der Waals surface area (Å²) in [4.78, 5) is 36.2. The van der Waals surface area contributed by atoms with E-state index >= 15 is 0 Å². The van der Waals surface area contributed by atoms with Crippen LogP contribution in [0.5, 0.6) is 5.75 Å². The van der Waals surface area contributed by atoms with Crippen molar-refractivity contribution in [2.75, 3.05) is 32.7 Å². The predicted octanol–water partition coefficient (Wildman–Crippen LogP) is 3.37. The van der Waals surface area contributed by atoms with Crippen molar-refractivity contribution in [1.82, 2.24) is 19.7 Å². The molecule has 0 N–H and O–H groups in total. The SMILES string of the molecule is Cc1cnc(F)cc1O[C@@H]1C[C@@H](C(=O)N2CCCN(C3CCC3)CC2)N(C(=O)OC(C)(C)C)C1. The van der Waals surface area contributed by atoms with E-state index in [9.17, 15) is 14.0 Å². The van der Waals surface area contributed by atoms with Crippen molar-refractivity contribution in [2.45, 2.75) is 83.6 Å². The molecule has 8 nitrogen and oxygen atoms in total. The Hall–Kier alpha value is -2.42. The van der Waals surface area contributed by atoms with Gasteiger partial charge in [-0.1, -0.05) is 6.42 Å². The van der Waals surface area contributed by atoms with Crippen molar-refractivity contribution >= 4 is 12.0 Å². The van der Waals surface area contributed by atoms with Crippen LogP contribution in [0.25, 0.3) is 0 Å². The number of aromatic nitrogens is 1. The van der Waals surface area contributed by atoms with Gasteiger partial charge in [0.05, 0.1) is 6.54 Å². The third-order valence-electron chi connectivity index (χ3n) is 6.92. The average Bonchev–Trinajstić information content (AvgIpc) is 2.99. The molecule has 0 bridgehead atoms. The second-order valence-corrected chi connectivity index (χ2v) is 10.7. The molecule has 1 aromatic heterocycles. The molecular weight excluding hydrogens is 439 g/mol. The zero-order valence-corrected chi connectivity index (χ0v) is 20.8. The molecule has 2 aliphatic heterocycles. The van der Waals surface area contributed by atoms with Gasteiger partial charge < -0.3 is 14.4 Å². The number of likely N-dealkylation sites (tertiary alicyclic amines) is 1. The summed E-state index contributed by atoms with van der Waals surface area (Å²) in [5, 5.41) is 0. The Morgan fingerprint density at radius 2 is 1.88 bits per heavy atom. The molecule has 2 saturated heterocycles. The molecule has 2 amide bonds. The Kier molecular flexibility index (Phi) is 7.31. The summed E-state index contributed by atoms with van der Waals surface area (Å²) in [6, 6.07) is 1.23. The van der Waals surface area contributed by atoms with Crippen LogP contribution >= 0.6 is 0 Å². The lowest BCUT2D eigenvalue weighted by molar-refractivity contribution is -0.135. The fourth-order valence-electron chi connectivity index (χ4n) is 4.91. The molecular formula is C25H37FN4O4. The maximum absolute atomic E-state index is 13.7. The Labute approximate surface area is 201 Å². The van der Waals surface area contributed by atoms with Gasteiger partial charge in [-0.25, -0.2) is 9.78 Å².